The highest BCUT2D eigenvalue weighted by Crippen LogP contribution is 2.31. The van der Waals surface area contributed by atoms with Gasteiger partial charge in [-0.25, -0.2) is 0 Å². The average molecular weight is 497 g/mol. The first-order chi connectivity index (χ1) is 17.1. The van der Waals surface area contributed by atoms with Gasteiger partial charge in [-0.15, -0.1) is 0 Å². The van der Waals surface area contributed by atoms with E-state index in [-0.39, 0.29) is 6.04 Å². The Kier molecular flexibility index (Phi) is 11.5. The molecule has 0 saturated carbocycles. The van der Waals surface area contributed by atoms with Gasteiger partial charge in [0.25, 0.3) is 0 Å². The van der Waals surface area contributed by atoms with Crippen molar-refractivity contribution in [3.05, 3.63) is 82.9 Å². The molecule has 1 saturated heterocycles. The van der Waals surface area contributed by atoms with Crippen LogP contribution >= 0.6 is 11.6 Å². The molecular formula is C30H41ClN2O2. The molecule has 0 radical (unpaired) electrons. The first-order valence-electron chi connectivity index (χ1n) is 12.8. The van der Waals surface area contributed by atoms with Crippen molar-refractivity contribution in [3.63, 3.8) is 0 Å². The van der Waals surface area contributed by atoms with Gasteiger partial charge in [-0.1, -0.05) is 86.0 Å². The first-order valence-corrected chi connectivity index (χ1v) is 13.2. The molecule has 2 atom stereocenters. The number of hydrogen-bond donors (Lipinski definition) is 1. The third kappa shape index (κ3) is 8.03. The van der Waals surface area contributed by atoms with Crippen molar-refractivity contribution >= 4 is 22.4 Å². The lowest BCUT2D eigenvalue weighted by molar-refractivity contribution is 0.0435. The van der Waals surface area contributed by atoms with Gasteiger partial charge < -0.3 is 9.84 Å². The molecule has 1 fully saturated rings. The average Bonchev–Trinajstić information content (AvgIpc) is 3.11. The van der Waals surface area contributed by atoms with Crippen LogP contribution in [0.5, 0.6) is 0 Å². The molecule has 1 aliphatic rings. The predicted octanol–water partition coefficient (Wildman–Crippen LogP) is 6.56. The highest BCUT2D eigenvalue weighted by molar-refractivity contribution is 6.35. The third-order valence-electron chi connectivity index (χ3n) is 6.75. The fraction of sp³-hybridized carbons (Fsp3) is 0.467. The van der Waals surface area contributed by atoms with Crippen molar-refractivity contribution in [1.82, 2.24) is 9.80 Å². The summed E-state index contributed by atoms with van der Waals surface area (Å²) in [6.07, 6.45) is 3.93. The van der Waals surface area contributed by atoms with Gasteiger partial charge in [0.15, 0.2) is 0 Å². The van der Waals surface area contributed by atoms with Gasteiger partial charge in [0.2, 0.25) is 0 Å². The minimum absolute atomic E-state index is 0.142. The summed E-state index contributed by atoms with van der Waals surface area (Å²) in [5.41, 5.74) is 2.37. The van der Waals surface area contributed by atoms with E-state index in [1.54, 1.807) is 14.2 Å². The number of hydrogen-bond acceptors (Lipinski definition) is 4. The maximum atomic E-state index is 11.5. The Morgan fingerprint density at radius 2 is 1.71 bits per heavy atom. The highest BCUT2D eigenvalue weighted by Gasteiger charge is 2.28. The smallest absolute Gasteiger partial charge is 0.0945 e. The van der Waals surface area contributed by atoms with E-state index in [2.05, 4.69) is 76.1 Å². The normalized spacial score (nSPS) is 16.8. The summed E-state index contributed by atoms with van der Waals surface area (Å²) in [6, 6.07) is 23.1. The number of fused-ring (bicyclic) bond motifs is 1. The third-order valence-corrected chi connectivity index (χ3v) is 7.08. The highest BCUT2D eigenvalue weighted by atomic mass is 35.5. The summed E-state index contributed by atoms with van der Waals surface area (Å²) in [6.45, 7) is 7.41. The maximum Gasteiger partial charge on any atom is 0.0945 e. The van der Waals surface area contributed by atoms with Crippen molar-refractivity contribution in [3.8, 4) is 0 Å². The zero-order valence-corrected chi connectivity index (χ0v) is 22.3. The molecule has 1 heterocycles. The molecule has 0 amide bonds. The van der Waals surface area contributed by atoms with Crippen LogP contribution in [-0.4, -0.2) is 61.3 Å². The van der Waals surface area contributed by atoms with E-state index in [1.165, 1.54) is 5.56 Å². The van der Waals surface area contributed by atoms with Crippen LogP contribution in [0.2, 0.25) is 5.02 Å². The minimum atomic E-state index is -0.495. The van der Waals surface area contributed by atoms with E-state index in [0.29, 0.717) is 0 Å². The fourth-order valence-corrected chi connectivity index (χ4v) is 5.19. The number of rotatable bonds is 8. The van der Waals surface area contributed by atoms with Crippen LogP contribution in [0, 0.1) is 0 Å². The van der Waals surface area contributed by atoms with Gasteiger partial charge in [0.05, 0.1) is 6.10 Å². The summed E-state index contributed by atoms with van der Waals surface area (Å²) >= 11 is 6.36. The van der Waals surface area contributed by atoms with E-state index in [4.69, 9.17) is 11.6 Å². The Morgan fingerprint density at radius 3 is 2.46 bits per heavy atom. The number of nitrogens with zero attached hydrogens (tertiary/aromatic N) is 2. The molecule has 4 rings (SSSR count). The van der Waals surface area contributed by atoms with Crippen molar-refractivity contribution in [1.29, 1.82) is 0 Å². The second kappa shape index (κ2) is 14.6. The first kappa shape index (κ1) is 27.6. The van der Waals surface area contributed by atoms with Crippen LogP contribution in [-0.2, 0) is 11.3 Å². The molecule has 0 spiro atoms. The van der Waals surface area contributed by atoms with E-state index in [1.807, 2.05) is 12.1 Å². The maximum absolute atomic E-state index is 11.5. The standard InChI is InChI=1S/C28H35ClN2O.C2H6O/c1-2-3-13-27(28(32)24-14-15-25-23(20-24)11-7-12-26(25)29)31-17-8-16-30(18-19-31)21-22-9-5-4-6-10-22;1-3-2/h4-7,9-12,14-15,20,27-28,32H,2-3,8,13,16-19,21H2,1H3;1-2H3. The number of unbranched alkanes of at least 4 members (excludes halogenated alkanes) is 1. The molecule has 1 N–H and O–H groups in total. The molecule has 0 bridgehead atoms. The van der Waals surface area contributed by atoms with Gasteiger partial charge in [0.1, 0.15) is 0 Å². The molecule has 0 aliphatic carbocycles. The second-order valence-corrected chi connectivity index (χ2v) is 9.84. The largest absolute Gasteiger partial charge is 0.388 e. The zero-order chi connectivity index (χ0) is 25.0. The van der Waals surface area contributed by atoms with Crippen LogP contribution < -0.4 is 0 Å². The lowest BCUT2D eigenvalue weighted by Crippen LogP contribution is -2.42. The molecule has 5 heteroatoms. The molecule has 190 valence electrons. The quantitative estimate of drug-likeness (QED) is 0.383. The van der Waals surface area contributed by atoms with Crippen LogP contribution in [0.4, 0.5) is 0 Å². The van der Waals surface area contributed by atoms with E-state index in [0.717, 1.165) is 79.8 Å². The van der Waals surface area contributed by atoms with Crippen molar-refractivity contribution in [2.75, 3.05) is 40.4 Å². The second-order valence-electron chi connectivity index (χ2n) is 9.43. The minimum Gasteiger partial charge on any atom is -0.388 e. The molecule has 35 heavy (non-hydrogen) atoms. The summed E-state index contributed by atoms with van der Waals surface area (Å²) in [7, 11) is 3.25. The SMILES string of the molecule is CCCCC(C(O)c1ccc2c(Cl)cccc2c1)N1CCCN(Cc2ccccc2)CC1.COC. The Morgan fingerprint density at radius 1 is 0.943 bits per heavy atom. The van der Waals surface area contributed by atoms with Gasteiger partial charge >= 0.3 is 0 Å². The Balaban J connectivity index is 0.00000108. The number of benzene rings is 3. The molecule has 3 aromatic carbocycles. The Hall–Kier alpha value is -1.95. The van der Waals surface area contributed by atoms with Crippen LogP contribution in [0.1, 0.15) is 49.8 Å². The molecular weight excluding hydrogens is 456 g/mol. The molecule has 3 aromatic rings. The summed E-state index contributed by atoms with van der Waals surface area (Å²) in [5, 5.41) is 14.4. The lowest BCUT2D eigenvalue weighted by Gasteiger charge is -2.34. The number of methoxy groups -OCH3 is 1. The molecule has 1 aliphatic heterocycles. The Labute approximate surface area is 216 Å². The number of halogens is 1. The molecule has 2 unspecified atom stereocenters. The van der Waals surface area contributed by atoms with E-state index in [9.17, 15) is 5.11 Å². The summed E-state index contributed by atoms with van der Waals surface area (Å²) in [4.78, 5) is 5.09. The topological polar surface area (TPSA) is 35.9 Å². The predicted molar refractivity (Wildman–Crippen MR) is 148 cm³/mol. The number of aliphatic hydroxyl groups excluding tert-OH is 1. The monoisotopic (exact) mass is 496 g/mol. The van der Waals surface area contributed by atoms with Gasteiger partial charge in [-0.3, -0.25) is 9.80 Å². The zero-order valence-electron chi connectivity index (χ0n) is 21.5. The van der Waals surface area contributed by atoms with Gasteiger partial charge in [-0.05, 0) is 54.6 Å². The van der Waals surface area contributed by atoms with E-state index >= 15 is 0 Å². The van der Waals surface area contributed by atoms with Crippen molar-refractivity contribution in [2.45, 2.75) is 51.3 Å². The Bertz CT molecular complexity index is 1010. The lowest BCUT2D eigenvalue weighted by atomic mass is 9.94. The van der Waals surface area contributed by atoms with Gasteiger partial charge in [-0.2, -0.15) is 0 Å². The van der Waals surface area contributed by atoms with Crippen LogP contribution in [0.3, 0.4) is 0 Å². The number of ether oxygens (including phenoxy) is 1. The van der Waals surface area contributed by atoms with E-state index < -0.39 is 6.10 Å². The summed E-state index contributed by atoms with van der Waals surface area (Å²) < 4.78 is 4.25. The van der Waals surface area contributed by atoms with Crippen LogP contribution in [0.25, 0.3) is 10.8 Å². The van der Waals surface area contributed by atoms with Crippen molar-refractivity contribution in [2.24, 2.45) is 0 Å². The summed E-state index contributed by atoms with van der Waals surface area (Å²) in [5.74, 6) is 0. The van der Waals surface area contributed by atoms with Crippen molar-refractivity contribution < 1.29 is 9.84 Å². The van der Waals surface area contributed by atoms with Gasteiger partial charge in [0, 0.05) is 50.3 Å². The molecule has 0 aromatic heterocycles. The number of aliphatic hydroxyl groups is 1. The fourth-order valence-electron chi connectivity index (χ4n) is 4.94. The molecule has 4 nitrogen and oxygen atoms in total. The van der Waals surface area contributed by atoms with Crippen LogP contribution in [0.15, 0.2) is 66.7 Å².